The van der Waals surface area contributed by atoms with E-state index in [1.165, 1.54) is 0 Å². The van der Waals surface area contributed by atoms with Crippen molar-refractivity contribution in [3.8, 4) is 0 Å². The Balaban J connectivity index is 2.68. The first-order valence-electron chi connectivity index (χ1n) is 3.63. The summed E-state index contributed by atoms with van der Waals surface area (Å²) in [7, 11) is 0. The van der Waals surface area contributed by atoms with Crippen LogP contribution in [0, 0.1) is 0 Å². The number of allylic oxidation sites excluding steroid dienone is 2. The van der Waals surface area contributed by atoms with E-state index in [9.17, 15) is 0 Å². The first-order valence-corrected chi connectivity index (χ1v) is 3.63. The number of ether oxygens (including phenoxy) is 1. The Morgan fingerprint density at radius 2 is 2.45 bits per heavy atom. The predicted molar refractivity (Wildman–Crippen MR) is 46.0 cm³/mol. The van der Waals surface area contributed by atoms with Gasteiger partial charge in [0.1, 0.15) is 12.4 Å². The molecule has 0 radical (unpaired) electrons. The average Bonchev–Trinajstić information content (AvgIpc) is 1.93. The zero-order valence-electron chi connectivity index (χ0n) is 6.81. The molecule has 60 valence electrons. The molecule has 1 saturated heterocycles. The van der Waals surface area contributed by atoms with Crippen LogP contribution in [0.1, 0.15) is 6.92 Å². The molecular weight excluding hydrogens is 138 g/mol. The van der Waals surface area contributed by atoms with Crippen molar-refractivity contribution in [2.24, 2.45) is 0 Å². The summed E-state index contributed by atoms with van der Waals surface area (Å²) in [5, 5.41) is 3.18. The number of rotatable bonds is 1. The van der Waals surface area contributed by atoms with E-state index in [-0.39, 0.29) is 0 Å². The first kappa shape index (κ1) is 7.92. The van der Waals surface area contributed by atoms with Gasteiger partial charge in [0, 0.05) is 6.54 Å². The summed E-state index contributed by atoms with van der Waals surface area (Å²) >= 11 is 0. The predicted octanol–water partition coefficient (Wildman–Crippen LogP) is 1.58. The van der Waals surface area contributed by atoms with Crippen LogP contribution >= 0.6 is 0 Å². The second kappa shape index (κ2) is 3.28. The summed E-state index contributed by atoms with van der Waals surface area (Å²) < 4.78 is 5.22. The van der Waals surface area contributed by atoms with Crippen molar-refractivity contribution < 1.29 is 4.74 Å². The van der Waals surface area contributed by atoms with Gasteiger partial charge in [0.05, 0.1) is 5.70 Å². The molecule has 0 saturated carbocycles. The van der Waals surface area contributed by atoms with Crippen molar-refractivity contribution in [3.63, 3.8) is 0 Å². The lowest BCUT2D eigenvalue weighted by Gasteiger charge is -2.20. The van der Waals surface area contributed by atoms with E-state index in [0.29, 0.717) is 12.4 Å². The summed E-state index contributed by atoms with van der Waals surface area (Å²) in [4.78, 5) is 0. The van der Waals surface area contributed by atoms with E-state index < -0.39 is 0 Å². The number of hydrogen-bond acceptors (Lipinski definition) is 2. The Bertz CT molecular complexity index is 216. The maximum absolute atomic E-state index is 5.22. The van der Waals surface area contributed by atoms with Crippen molar-refractivity contribution >= 4 is 0 Å². The Hall–Kier alpha value is -1.18. The van der Waals surface area contributed by atoms with Crippen molar-refractivity contribution in [1.82, 2.24) is 5.32 Å². The number of morpholine rings is 1. The standard InChI is InChI=1S/C9H13NO/c1-7(2)6-9-8(3)11-5-4-10-9/h6,10H,1,3-5H2,2H3/b9-6+. The van der Waals surface area contributed by atoms with Crippen LogP contribution in [-0.4, -0.2) is 13.2 Å². The summed E-state index contributed by atoms with van der Waals surface area (Å²) in [6.07, 6.45) is 1.93. The Morgan fingerprint density at radius 1 is 1.73 bits per heavy atom. The zero-order chi connectivity index (χ0) is 8.27. The molecule has 0 amide bonds. The number of nitrogens with one attached hydrogen (secondary N) is 1. The molecule has 0 aromatic heterocycles. The quantitative estimate of drug-likeness (QED) is 0.614. The lowest BCUT2D eigenvalue weighted by Crippen LogP contribution is -2.26. The second-order valence-corrected chi connectivity index (χ2v) is 2.60. The second-order valence-electron chi connectivity index (χ2n) is 2.60. The lowest BCUT2D eigenvalue weighted by atomic mass is 10.2. The molecule has 1 rings (SSSR count). The van der Waals surface area contributed by atoms with Crippen molar-refractivity contribution in [2.45, 2.75) is 6.92 Å². The molecule has 0 atom stereocenters. The average molecular weight is 151 g/mol. The molecule has 0 unspecified atom stereocenters. The third-order valence-electron chi connectivity index (χ3n) is 1.38. The van der Waals surface area contributed by atoms with Gasteiger partial charge in [-0.05, 0) is 13.0 Å². The highest BCUT2D eigenvalue weighted by Crippen LogP contribution is 2.11. The molecular formula is C9H13NO. The van der Waals surface area contributed by atoms with Crippen LogP contribution in [0.5, 0.6) is 0 Å². The molecule has 1 heterocycles. The first-order chi connectivity index (χ1) is 5.20. The van der Waals surface area contributed by atoms with E-state index in [4.69, 9.17) is 4.74 Å². The molecule has 2 heteroatoms. The van der Waals surface area contributed by atoms with Crippen LogP contribution in [0.25, 0.3) is 0 Å². The molecule has 1 aliphatic heterocycles. The van der Waals surface area contributed by atoms with E-state index in [1.807, 2.05) is 13.0 Å². The highest BCUT2D eigenvalue weighted by Gasteiger charge is 2.08. The monoisotopic (exact) mass is 151 g/mol. The van der Waals surface area contributed by atoms with Gasteiger partial charge in [0.25, 0.3) is 0 Å². The minimum Gasteiger partial charge on any atom is -0.490 e. The Kier molecular flexibility index (Phi) is 2.36. The molecule has 1 fully saturated rings. The van der Waals surface area contributed by atoms with E-state index in [2.05, 4.69) is 18.5 Å². The van der Waals surface area contributed by atoms with Gasteiger partial charge in [0.2, 0.25) is 0 Å². The van der Waals surface area contributed by atoms with Gasteiger partial charge in [0.15, 0.2) is 0 Å². The van der Waals surface area contributed by atoms with Crippen molar-refractivity contribution in [2.75, 3.05) is 13.2 Å². The lowest BCUT2D eigenvalue weighted by molar-refractivity contribution is 0.198. The van der Waals surface area contributed by atoms with Crippen LogP contribution in [0.4, 0.5) is 0 Å². The smallest absolute Gasteiger partial charge is 0.135 e. The maximum atomic E-state index is 5.22. The normalized spacial score (nSPS) is 20.8. The molecule has 0 aromatic rings. The van der Waals surface area contributed by atoms with Gasteiger partial charge < -0.3 is 10.1 Å². The molecule has 0 aromatic carbocycles. The molecule has 1 aliphatic rings. The fourth-order valence-corrected chi connectivity index (χ4v) is 0.914. The molecule has 11 heavy (non-hydrogen) atoms. The third kappa shape index (κ3) is 2.15. The Morgan fingerprint density at radius 3 is 3.00 bits per heavy atom. The van der Waals surface area contributed by atoms with Crippen LogP contribution in [0.15, 0.2) is 36.3 Å². The minimum atomic E-state index is 0.701. The maximum Gasteiger partial charge on any atom is 0.135 e. The summed E-state index contributed by atoms with van der Waals surface area (Å²) in [6.45, 7) is 11.0. The summed E-state index contributed by atoms with van der Waals surface area (Å²) in [5.41, 5.74) is 1.95. The zero-order valence-corrected chi connectivity index (χ0v) is 6.81. The Labute approximate surface area is 67.2 Å². The minimum absolute atomic E-state index is 0.701. The van der Waals surface area contributed by atoms with Gasteiger partial charge in [-0.2, -0.15) is 0 Å². The number of hydrogen-bond donors (Lipinski definition) is 1. The van der Waals surface area contributed by atoms with Crippen LogP contribution < -0.4 is 5.32 Å². The SMILES string of the molecule is C=C(C)/C=C1/NCCOC1=C. The fourth-order valence-electron chi connectivity index (χ4n) is 0.914. The van der Waals surface area contributed by atoms with Crippen LogP contribution in [0.3, 0.4) is 0 Å². The van der Waals surface area contributed by atoms with E-state index in [0.717, 1.165) is 17.8 Å². The molecule has 0 bridgehead atoms. The highest BCUT2D eigenvalue weighted by atomic mass is 16.5. The fraction of sp³-hybridized carbons (Fsp3) is 0.333. The summed E-state index contributed by atoms with van der Waals surface area (Å²) in [6, 6.07) is 0. The molecule has 0 spiro atoms. The van der Waals surface area contributed by atoms with Crippen molar-refractivity contribution in [3.05, 3.63) is 36.3 Å². The largest absolute Gasteiger partial charge is 0.490 e. The van der Waals surface area contributed by atoms with Gasteiger partial charge >= 0.3 is 0 Å². The molecule has 1 N–H and O–H groups in total. The molecule has 2 nitrogen and oxygen atoms in total. The highest BCUT2D eigenvalue weighted by molar-refractivity contribution is 5.30. The molecule has 0 aliphatic carbocycles. The topological polar surface area (TPSA) is 21.3 Å². The van der Waals surface area contributed by atoms with Gasteiger partial charge in [-0.3, -0.25) is 0 Å². The van der Waals surface area contributed by atoms with Crippen LogP contribution in [-0.2, 0) is 4.74 Å². The van der Waals surface area contributed by atoms with Gasteiger partial charge in [-0.15, -0.1) is 0 Å². The van der Waals surface area contributed by atoms with Crippen molar-refractivity contribution in [1.29, 1.82) is 0 Å². The van der Waals surface area contributed by atoms with E-state index in [1.54, 1.807) is 0 Å². The van der Waals surface area contributed by atoms with Crippen LogP contribution in [0.2, 0.25) is 0 Å². The summed E-state index contributed by atoms with van der Waals surface area (Å²) in [5.74, 6) is 0.708. The van der Waals surface area contributed by atoms with Gasteiger partial charge in [-0.1, -0.05) is 18.7 Å². The van der Waals surface area contributed by atoms with Gasteiger partial charge in [-0.25, -0.2) is 0 Å². The van der Waals surface area contributed by atoms with E-state index >= 15 is 0 Å². The third-order valence-corrected chi connectivity index (χ3v) is 1.38.